The topological polar surface area (TPSA) is 38.1 Å². The number of likely N-dealkylation sites (tertiary alicyclic amines) is 1. The number of rotatable bonds is 3. The van der Waals surface area contributed by atoms with E-state index in [1.165, 1.54) is 6.42 Å². The van der Waals surface area contributed by atoms with E-state index < -0.39 is 0 Å². The molecular weight excluding hydrogens is 250 g/mol. The highest BCUT2D eigenvalue weighted by Gasteiger charge is 2.31. The summed E-state index contributed by atoms with van der Waals surface area (Å²) in [6.45, 7) is 9.18. The number of carbonyl (C=O) groups excluding carboxylic acids is 1. The molecule has 1 aromatic rings. The van der Waals surface area contributed by atoms with Crippen molar-refractivity contribution in [3.05, 3.63) is 17.0 Å². The Labute approximate surface area is 122 Å². The molecule has 2 rings (SSSR count). The SMILES string of the molecule is CC[C@@H]1CCCCN1C(=O)[C@H](C)c1c(C)nn(C)c1C. The molecule has 0 aliphatic carbocycles. The monoisotopic (exact) mass is 277 g/mol. The Morgan fingerprint density at radius 3 is 2.65 bits per heavy atom. The van der Waals surface area contributed by atoms with Gasteiger partial charge in [-0.05, 0) is 46.5 Å². The first kappa shape index (κ1) is 15.1. The Balaban J connectivity index is 2.23. The second-order valence-electron chi connectivity index (χ2n) is 6.02. The zero-order valence-electron chi connectivity index (χ0n) is 13.4. The highest BCUT2D eigenvalue weighted by Crippen LogP contribution is 2.28. The van der Waals surface area contributed by atoms with Gasteiger partial charge in [-0.15, -0.1) is 0 Å². The average Bonchev–Trinajstić information content (AvgIpc) is 2.70. The molecule has 1 aliphatic heterocycles. The molecule has 112 valence electrons. The van der Waals surface area contributed by atoms with Gasteiger partial charge in [0.25, 0.3) is 0 Å². The summed E-state index contributed by atoms with van der Waals surface area (Å²) in [5.41, 5.74) is 3.20. The number of aryl methyl sites for hydroxylation is 2. The first-order valence-corrected chi connectivity index (χ1v) is 7.77. The molecule has 0 N–H and O–H groups in total. The second-order valence-corrected chi connectivity index (χ2v) is 6.02. The first-order valence-electron chi connectivity index (χ1n) is 7.77. The van der Waals surface area contributed by atoms with E-state index in [2.05, 4.69) is 16.9 Å². The lowest BCUT2D eigenvalue weighted by atomic mass is 9.93. The number of hydrogen-bond acceptors (Lipinski definition) is 2. The predicted molar refractivity (Wildman–Crippen MR) is 80.7 cm³/mol. The van der Waals surface area contributed by atoms with Crippen LogP contribution in [0.15, 0.2) is 0 Å². The summed E-state index contributed by atoms with van der Waals surface area (Å²) in [7, 11) is 1.94. The van der Waals surface area contributed by atoms with Crippen LogP contribution in [0.1, 0.15) is 62.4 Å². The predicted octanol–water partition coefficient (Wildman–Crippen LogP) is 2.93. The van der Waals surface area contributed by atoms with Crippen LogP contribution < -0.4 is 0 Å². The van der Waals surface area contributed by atoms with Gasteiger partial charge in [0.15, 0.2) is 0 Å². The van der Waals surface area contributed by atoms with Crippen LogP contribution in [0.25, 0.3) is 0 Å². The van der Waals surface area contributed by atoms with Crippen LogP contribution in [-0.2, 0) is 11.8 Å². The van der Waals surface area contributed by atoms with Gasteiger partial charge in [0.2, 0.25) is 5.91 Å². The third-order valence-corrected chi connectivity index (χ3v) is 4.75. The van der Waals surface area contributed by atoms with Crippen molar-refractivity contribution in [1.29, 1.82) is 0 Å². The van der Waals surface area contributed by atoms with Crippen molar-refractivity contribution in [3.8, 4) is 0 Å². The van der Waals surface area contributed by atoms with Crippen LogP contribution >= 0.6 is 0 Å². The maximum Gasteiger partial charge on any atom is 0.230 e. The summed E-state index contributed by atoms with van der Waals surface area (Å²) >= 11 is 0. The van der Waals surface area contributed by atoms with E-state index in [0.717, 1.165) is 42.8 Å². The molecule has 1 fully saturated rings. The van der Waals surface area contributed by atoms with Crippen LogP contribution in [-0.4, -0.2) is 33.2 Å². The molecule has 20 heavy (non-hydrogen) atoms. The molecule has 0 unspecified atom stereocenters. The first-order chi connectivity index (χ1) is 9.47. The summed E-state index contributed by atoms with van der Waals surface area (Å²) in [4.78, 5) is 15.0. The number of piperidine rings is 1. The van der Waals surface area contributed by atoms with E-state index in [1.807, 2.05) is 32.5 Å². The van der Waals surface area contributed by atoms with Gasteiger partial charge in [-0.1, -0.05) is 6.92 Å². The van der Waals surface area contributed by atoms with Gasteiger partial charge in [0.05, 0.1) is 11.6 Å². The van der Waals surface area contributed by atoms with Gasteiger partial charge in [0, 0.05) is 30.9 Å². The molecule has 1 saturated heterocycles. The quantitative estimate of drug-likeness (QED) is 0.852. The Hall–Kier alpha value is -1.32. The standard InChI is InChI=1S/C16H27N3O/c1-6-14-9-7-8-10-19(14)16(20)11(2)15-12(3)17-18(5)13(15)4/h11,14H,6-10H2,1-5H3/t11-,14-/m1/s1. The van der Waals surface area contributed by atoms with E-state index in [-0.39, 0.29) is 11.8 Å². The van der Waals surface area contributed by atoms with E-state index in [4.69, 9.17) is 0 Å². The van der Waals surface area contributed by atoms with Gasteiger partial charge in [-0.25, -0.2) is 0 Å². The number of hydrogen-bond donors (Lipinski definition) is 0. The molecule has 1 amide bonds. The number of carbonyl (C=O) groups is 1. The molecule has 4 heteroatoms. The zero-order valence-corrected chi connectivity index (χ0v) is 13.4. The maximum absolute atomic E-state index is 12.9. The highest BCUT2D eigenvalue weighted by atomic mass is 16.2. The van der Waals surface area contributed by atoms with E-state index in [0.29, 0.717) is 6.04 Å². The lowest BCUT2D eigenvalue weighted by Crippen LogP contribution is -2.45. The third-order valence-electron chi connectivity index (χ3n) is 4.75. The normalized spacial score (nSPS) is 21.1. The van der Waals surface area contributed by atoms with Crippen LogP contribution in [0, 0.1) is 13.8 Å². The molecule has 0 spiro atoms. The third kappa shape index (κ3) is 2.60. The van der Waals surface area contributed by atoms with Crippen molar-refractivity contribution in [2.45, 2.75) is 65.3 Å². The smallest absolute Gasteiger partial charge is 0.230 e. The number of amides is 1. The van der Waals surface area contributed by atoms with Crippen molar-refractivity contribution < 1.29 is 4.79 Å². The maximum atomic E-state index is 12.9. The molecule has 0 bridgehead atoms. The lowest BCUT2D eigenvalue weighted by molar-refractivity contribution is -0.136. The van der Waals surface area contributed by atoms with Crippen molar-refractivity contribution in [2.24, 2.45) is 7.05 Å². The molecule has 0 saturated carbocycles. The largest absolute Gasteiger partial charge is 0.339 e. The molecular formula is C16H27N3O. The van der Waals surface area contributed by atoms with Crippen molar-refractivity contribution >= 4 is 5.91 Å². The number of aromatic nitrogens is 2. The molecule has 1 aromatic heterocycles. The van der Waals surface area contributed by atoms with E-state index in [9.17, 15) is 4.79 Å². The van der Waals surface area contributed by atoms with Gasteiger partial charge >= 0.3 is 0 Å². The van der Waals surface area contributed by atoms with Crippen molar-refractivity contribution in [3.63, 3.8) is 0 Å². The Bertz CT molecular complexity index is 492. The molecule has 2 atom stereocenters. The summed E-state index contributed by atoms with van der Waals surface area (Å²) in [5, 5.41) is 4.44. The highest BCUT2D eigenvalue weighted by molar-refractivity contribution is 5.84. The summed E-state index contributed by atoms with van der Waals surface area (Å²) in [5.74, 6) is 0.187. The molecule has 0 radical (unpaired) electrons. The Morgan fingerprint density at radius 1 is 1.40 bits per heavy atom. The minimum atomic E-state index is -0.0872. The Morgan fingerprint density at radius 2 is 2.10 bits per heavy atom. The fourth-order valence-electron chi connectivity index (χ4n) is 3.50. The summed E-state index contributed by atoms with van der Waals surface area (Å²) in [6, 6.07) is 0.427. The van der Waals surface area contributed by atoms with Crippen LogP contribution in [0.2, 0.25) is 0 Å². The average molecular weight is 277 g/mol. The molecule has 2 heterocycles. The van der Waals surface area contributed by atoms with Gasteiger partial charge in [0.1, 0.15) is 0 Å². The van der Waals surface area contributed by atoms with Crippen LogP contribution in [0.5, 0.6) is 0 Å². The fraction of sp³-hybridized carbons (Fsp3) is 0.750. The minimum Gasteiger partial charge on any atom is -0.339 e. The van der Waals surface area contributed by atoms with Crippen molar-refractivity contribution in [2.75, 3.05) is 6.54 Å². The van der Waals surface area contributed by atoms with Gasteiger partial charge in [-0.3, -0.25) is 9.48 Å². The van der Waals surface area contributed by atoms with E-state index in [1.54, 1.807) is 0 Å². The Kier molecular flexibility index (Phi) is 4.51. The van der Waals surface area contributed by atoms with Crippen molar-refractivity contribution in [1.82, 2.24) is 14.7 Å². The number of nitrogens with zero attached hydrogens (tertiary/aromatic N) is 3. The van der Waals surface area contributed by atoms with Gasteiger partial charge < -0.3 is 4.90 Å². The molecule has 4 nitrogen and oxygen atoms in total. The van der Waals surface area contributed by atoms with Crippen LogP contribution in [0.4, 0.5) is 0 Å². The lowest BCUT2D eigenvalue weighted by Gasteiger charge is -2.37. The van der Waals surface area contributed by atoms with Crippen LogP contribution in [0.3, 0.4) is 0 Å². The minimum absolute atomic E-state index is 0.0872. The fourth-order valence-corrected chi connectivity index (χ4v) is 3.50. The molecule has 0 aromatic carbocycles. The molecule has 1 aliphatic rings. The summed E-state index contributed by atoms with van der Waals surface area (Å²) < 4.78 is 1.88. The summed E-state index contributed by atoms with van der Waals surface area (Å²) in [6.07, 6.45) is 4.60. The van der Waals surface area contributed by atoms with Gasteiger partial charge in [-0.2, -0.15) is 5.10 Å². The zero-order chi connectivity index (χ0) is 14.9. The van der Waals surface area contributed by atoms with E-state index >= 15 is 0 Å². The second kappa shape index (κ2) is 5.98.